The lowest BCUT2D eigenvalue weighted by Crippen LogP contribution is -2.38. The molecule has 9 nitrogen and oxygen atoms in total. The quantitative estimate of drug-likeness (QED) is 0.667. The summed E-state index contributed by atoms with van der Waals surface area (Å²) in [5.41, 5.74) is 1.94. The van der Waals surface area contributed by atoms with Gasteiger partial charge in [0.25, 0.3) is 15.9 Å². The summed E-state index contributed by atoms with van der Waals surface area (Å²) in [7, 11) is -2.11. The maximum Gasteiger partial charge on any atom is 0.307 e. The number of imidazole rings is 1. The van der Waals surface area contributed by atoms with E-state index in [9.17, 15) is 18.0 Å². The maximum absolute atomic E-state index is 12.4. The molecule has 1 amide bonds. The third kappa shape index (κ3) is 5.01. The van der Waals surface area contributed by atoms with E-state index in [1.54, 1.807) is 23.4 Å². The van der Waals surface area contributed by atoms with Gasteiger partial charge in [0, 0.05) is 32.0 Å². The number of amides is 1. The topological polar surface area (TPSA) is 111 Å². The zero-order chi connectivity index (χ0) is 21.0. The number of esters is 1. The molecule has 2 aromatic rings. The molecule has 0 radical (unpaired) electrons. The van der Waals surface area contributed by atoms with Crippen LogP contribution < -0.4 is 9.62 Å². The Morgan fingerprint density at radius 1 is 1.28 bits per heavy atom. The molecule has 0 bridgehead atoms. The predicted octanol–water partition coefficient (Wildman–Crippen LogP) is 0.920. The largest absolute Gasteiger partial charge is 0.456 e. The number of para-hydroxylation sites is 1. The molecule has 0 aliphatic carbocycles. The summed E-state index contributed by atoms with van der Waals surface area (Å²) in [6.45, 7) is 1.75. The SMILES string of the molecule is Cc1nc(S(=O)(=O)NCCC(=O)OCC(=O)N2CCCc3ccccc32)cn1C. The van der Waals surface area contributed by atoms with Gasteiger partial charge in [0.2, 0.25) is 0 Å². The molecule has 156 valence electrons. The van der Waals surface area contributed by atoms with Gasteiger partial charge in [-0.25, -0.2) is 18.1 Å². The lowest BCUT2D eigenvalue weighted by molar-refractivity contribution is -0.147. The fourth-order valence-corrected chi connectivity index (χ4v) is 4.17. The summed E-state index contributed by atoms with van der Waals surface area (Å²) in [5.74, 6) is -0.388. The number of ether oxygens (including phenoxy) is 1. The Bertz CT molecular complexity index is 996. The predicted molar refractivity (Wildman–Crippen MR) is 106 cm³/mol. The highest BCUT2D eigenvalue weighted by Crippen LogP contribution is 2.26. The summed E-state index contributed by atoms with van der Waals surface area (Å²) in [5, 5.41) is -0.107. The number of aryl methyl sites for hydroxylation is 3. The van der Waals surface area contributed by atoms with Gasteiger partial charge in [0.1, 0.15) is 5.82 Å². The van der Waals surface area contributed by atoms with Crippen LogP contribution in [0.15, 0.2) is 35.5 Å². The molecule has 1 aliphatic heterocycles. The van der Waals surface area contributed by atoms with Gasteiger partial charge in [-0.1, -0.05) is 18.2 Å². The molecular formula is C19H24N4O5S. The van der Waals surface area contributed by atoms with Crippen LogP contribution in [0.25, 0.3) is 0 Å². The summed E-state index contributed by atoms with van der Waals surface area (Å²) >= 11 is 0. The fraction of sp³-hybridized carbons (Fsp3) is 0.421. The van der Waals surface area contributed by atoms with Crippen LogP contribution in [0.1, 0.15) is 24.2 Å². The number of nitrogens with zero attached hydrogens (tertiary/aromatic N) is 3. The number of hydrogen-bond acceptors (Lipinski definition) is 6. The van der Waals surface area contributed by atoms with Gasteiger partial charge in [-0.3, -0.25) is 9.59 Å². The van der Waals surface area contributed by atoms with Gasteiger partial charge < -0.3 is 14.2 Å². The van der Waals surface area contributed by atoms with Crippen LogP contribution in [0.4, 0.5) is 5.69 Å². The highest BCUT2D eigenvalue weighted by molar-refractivity contribution is 7.89. The van der Waals surface area contributed by atoms with Crippen LogP contribution in [0.3, 0.4) is 0 Å². The van der Waals surface area contributed by atoms with E-state index in [0.29, 0.717) is 12.4 Å². The number of fused-ring (bicyclic) bond motifs is 1. The Balaban J connectivity index is 1.46. The molecule has 29 heavy (non-hydrogen) atoms. The summed E-state index contributed by atoms with van der Waals surface area (Å²) in [6, 6.07) is 7.66. The van der Waals surface area contributed by atoms with E-state index in [1.165, 1.54) is 6.20 Å². The Labute approximate surface area is 169 Å². The summed E-state index contributed by atoms with van der Waals surface area (Å²) in [4.78, 5) is 29.9. The van der Waals surface area contributed by atoms with Crippen molar-refractivity contribution in [3.8, 4) is 0 Å². The first-order valence-electron chi connectivity index (χ1n) is 9.31. The number of carbonyl (C=O) groups excluding carboxylic acids is 2. The molecule has 0 unspecified atom stereocenters. The smallest absolute Gasteiger partial charge is 0.307 e. The maximum atomic E-state index is 12.4. The molecule has 1 aromatic carbocycles. The number of hydrogen-bond donors (Lipinski definition) is 1. The highest BCUT2D eigenvalue weighted by Gasteiger charge is 2.23. The van der Waals surface area contributed by atoms with E-state index in [-0.39, 0.29) is 30.5 Å². The molecule has 0 atom stereocenters. The van der Waals surface area contributed by atoms with Crippen LogP contribution in [0.5, 0.6) is 0 Å². The number of rotatable bonds is 7. The van der Waals surface area contributed by atoms with Crippen molar-refractivity contribution in [1.82, 2.24) is 14.3 Å². The van der Waals surface area contributed by atoms with Gasteiger partial charge in [-0.15, -0.1) is 0 Å². The average Bonchev–Trinajstić information content (AvgIpc) is 3.05. The zero-order valence-corrected chi connectivity index (χ0v) is 17.2. The molecule has 1 aliphatic rings. The second kappa shape index (κ2) is 8.75. The summed E-state index contributed by atoms with van der Waals surface area (Å²) < 4.78 is 33.3. The first kappa shape index (κ1) is 21.0. The van der Waals surface area contributed by atoms with Crippen LogP contribution in [0.2, 0.25) is 0 Å². The van der Waals surface area contributed by atoms with Crippen LogP contribution >= 0.6 is 0 Å². The second-order valence-corrected chi connectivity index (χ2v) is 8.54. The molecule has 1 N–H and O–H groups in total. The molecule has 0 saturated heterocycles. The minimum Gasteiger partial charge on any atom is -0.456 e. The Morgan fingerprint density at radius 2 is 2.03 bits per heavy atom. The third-order valence-corrected chi connectivity index (χ3v) is 6.08. The minimum atomic E-state index is -3.80. The lowest BCUT2D eigenvalue weighted by atomic mass is 10.0. The summed E-state index contributed by atoms with van der Waals surface area (Å²) in [6.07, 6.45) is 2.97. The van der Waals surface area contributed by atoms with Gasteiger partial charge >= 0.3 is 5.97 Å². The van der Waals surface area contributed by atoms with Crippen LogP contribution in [0, 0.1) is 6.92 Å². The van der Waals surface area contributed by atoms with Gasteiger partial charge in [0.15, 0.2) is 11.6 Å². The highest BCUT2D eigenvalue weighted by atomic mass is 32.2. The molecule has 10 heteroatoms. The Morgan fingerprint density at radius 3 is 2.76 bits per heavy atom. The monoisotopic (exact) mass is 420 g/mol. The first-order chi connectivity index (χ1) is 13.8. The van der Waals surface area contributed by atoms with E-state index < -0.39 is 16.0 Å². The number of anilines is 1. The molecule has 2 heterocycles. The van der Waals surface area contributed by atoms with E-state index in [2.05, 4.69) is 9.71 Å². The molecule has 0 spiro atoms. The number of carbonyl (C=O) groups is 2. The Hall–Kier alpha value is -2.72. The lowest BCUT2D eigenvalue weighted by Gasteiger charge is -2.29. The van der Waals surface area contributed by atoms with E-state index in [1.807, 2.05) is 24.3 Å². The van der Waals surface area contributed by atoms with E-state index in [0.717, 1.165) is 24.1 Å². The van der Waals surface area contributed by atoms with Crippen molar-refractivity contribution >= 4 is 27.6 Å². The van der Waals surface area contributed by atoms with Crippen molar-refractivity contribution in [1.29, 1.82) is 0 Å². The number of sulfonamides is 1. The standard InChI is InChI=1S/C19H24N4O5S/c1-14-21-17(12-22(14)2)29(26,27)20-10-9-19(25)28-13-18(24)23-11-5-7-15-6-3-4-8-16(15)23/h3-4,6,8,12,20H,5,7,9-11,13H2,1-2H3. The molecule has 0 fully saturated rings. The molecular weight excluding hydrogens is 396 g/mol. The van der Waals surface area contributed by atoms with Crippen molar-refractivity contribution in [3.63, 3.8) is 0 Å². The molecule has 0 saturated carbocycles. The van der Waals surface area contributed by atoms with E-state index in [4.69, 9.17) is 4.74 Å². The minimum absolute atomic E-state index is 0.107. The van der Waals surface area contributed by atoms with Crippen LogP contribution in [-0.2, 0) is 37.8 Å². The van der Waals surface area contributed by atoms with Crippen molar-refractivity contribution in [3.05, 3.63) is 41.9 Å². The average molecular weight is 420 g/mol. The number of nitrogens with one attached hydrogen (secondary N) is 1. The van der Waals surface area contributed by atoms with Gasteiger partial charge in [-0.2, -0.15) is 0 Å². The van der Waals surface area contributed by atoms with Crippen molar-refractivity contribution in [2.24, 2.45) is 7.05 Å². The zero-order valence-electron chi connectivity index (χ0n) is 16.4. The first-order valence-corrected chi connectivity index (χ1v) is 10.8. The number of benzene rings is 1. The van der Waals surface area contributed by atoms with Crippen molar-refractivity contribution in [2.75, 3.05) is 24.6 Å². The molecule has 1 aromatic heterocycles. The van der Waals surface area contributed by atoms with Gasteiger partial charge in [-0.05, 0) is 31.4 Å². The molecule has 3 rings (SSSR count). The van der Waals surface area contributed by atoms with Crippen molar-refractivity contribution < 1.29 is 22.7 Å². The van der Waals surface area contributed by atoms with Gasteiger partial charge in [0.05, 0.1) is 6.42 Å². The van der Waals surface area contributed by atoms with Crippen LogP contribution in [-0.4, -0.2) is 49.5 Å². The number of aromatic nitrogens is 2. The normalized spacial score (nSPS) is 13.8. The fourth-order valence-electron chi connectivity index (χ4n) is 3.10. The van der Waals surface area contributed by atoms with E-state index >= 15 is 0 Å². The van der Waals surface area contributed by atoms with Crippen molar-refractivity contribution in [2.45, 2.75) is 31.2 Å². The second-order valence-electron chi connectivity index (χ2n) is 6.82. The third-order valence-electron chi connectivity index (χ3n) is 4.75. The Kier molecular flexibility index (Phi) is 6.33.